The Morgan fingerprint density at radius 3 is 2.70 bits per heavy atom. The average molecular weight is 376 g/mol. The number of benzene rings is 1. The molecule has 2 aliphatic heterocycles. The summed E-state index contributed by atoms with van der Waals surface area (Å²) in [7, 11) is 0. The number of carbonyl (C=O) groups is 1. The van der Waals surface area contributed by atoms with Crippen molar-refractivity contribution in [1.82, 2.24) is 4.90 Å². The van der Waals surface area contributed by atoms with E-state index in [0.29, 0.717) is 6.61 Å². The second-order valence-corrected chi connectivity index (χ2v) is 8.04. The summed E-state index contributed by atoms with van der Waals surface area (Å²) < 4.78 is 11.9. The van der Waals surface area contributed by atoms with E-state index in [1.807, 2.05) is 6.07 Å². The zero-order chi connectivity index (χ0) is 19.3. The molecule has 1 spiro atoms. The lowest BCUT2D eigenvalue weighted by molar-refractivity contribution is -0.143. The van der Waals surface area contributed by atoms with Gasteiger partial charge in [0, 0.05) is 17.0 Å². The minimum absolute atomic E-state index is 0.0305. The van der Waals surface area contributed by atoms with Crippen LogP contribution < -0.4 is 9.47 Å². The van der Waals surface area contributed by atoms with Gasteiger partial charge in [-0.15, -0.1) is 0 Å². The first kappa shape index (κ1) is 20.0. The Hall–Kier alpha value is -1.75. The first-order valence-electron chi connectivity index (χ1n) is 10.4. The number of hydrogen-bond acceptors (Lipinski definition) is 4. The highest BCUT2D eigenvalue weighted by Crippen LogP contribution is 2.46. The minimum Gasteiger partial charge on any atom is -0.493 e. The van der Waals surface area contributed by atoms with Gasteiger partial charge in [-0.25, -0.2) is 0 Å². The molecular formula is C22H33NO4. The van der Waals surface area contributed by atoms with Crippen molar-refractivity contribution in [3.63, 3.8) is 0 Å². The van der Waals surface area contributed by atoms with Crippen molar-refractivity contribution in [2.75, 3.05) is 26.3 Å². The molecule has 1 unspecified atom stereocenters. The molecule has 27 heavy (non-hydrogen) atoms. The van der Waals surface area contributed by atoms with Crippen LogP contribution in [0.25, 0.3) is 0 Å². The van der Waals surface area contributed by atoms with Crippen molar-refractivity contribution in [3.05, 3.63) is 23.8 Å². The zero-order valence-corrected chi connectivity index (χ0v) is 16.7. The molecule has 1 fully saturated rings. The van der Waals surface area contributed by atoms with Crippen LogP contribution >= 0.6 is 0 Å². The highest BCUT2D eigenvalue weighted by molar-refractivity contribution is 5.72. The van der Waals surface area contributed by atoms with Crippen LogP contribution in [0.4, 0.5) is 0 Å². The molecular weight excluding hydrogens is 342 g/mol. The van der Waals surface area contributed by atoms with E-state index in [4.69, 9.17) is 9.47 Å². The Morgan fingerprint density at radius 1 is 1.26 bits per heavy atom. The van der Waals surface area contributed by atoms with Gasteiger partial charge in [-0.1, -0.05) is 38.7 Å². The molecule has 5 heteroatoms. The highest BCUT2D eigenvalue weighted by Gasteiger charge is 2.44. The van der Waals surface area contributed by atoms with Crippen LogP contribution in [-0.4, -0.2) is 48.3 Å². The van der Waals surface area contributed by atoms with E-state index in [9.17, 15) is 9.90 Å². The average Bonchev–Trinajstić information content (AvgIpc) is 3.02. The molecule has 0 saturated carbocycles. The van der Waals surface area contributed by atoms with Crippen molar-refractivity contribution in [1.29, 1.82) is 0 Å². The molecule has 2 heterocycles. The van der Waals surface area contributed by atoms with E-state index in [0.717, 1.165) is 50.5 Å². The monoisotopic (exact) mass is 375 g/mol. The van der Waals surface area contributed by atoms with Crippen molar-refractivity contribution < 1.29 is 19.4 Å². The second-order valence-electron chi connectivity index (χ2n) is 8.04. The van der Waals surface area contributed by atoms with Gasteiger partial charge in [-0.05, 0) is 45.3 Å². The zero-order valence-electron chi connectivity index (χ0n) is 16.7. The summed E-state index contributed by atoms with van der Waals surface area (Å²) in [6.07, 6.45) is 8.05. The number of aliphatic carboxylic acids is 1. The second kappa shape index (κ2) is 8.96. The maximum atomic E-state index is 11.2. The molecule has 0 bridgehead atoms. The fourth-order valence-electron chi connectivity index (χ4n) is 4.25. The van der Waals surface area contributed by atoms with Gasteiger partial charge in [0.2, 0.25) is 0 Å². The Labute approximate surface area is 162 Å². The van der Waals surface area contributed by atoms with E-state index in [1.165, 1.54) is 31.2 Å². The highest BCUT2D eigenvalue weighted by atomic mass is 16.5. The number of fused-ring (bicyclic) bond motifs is 2. The van der Waals surface area contributed by atoms with Crippen molar-refractivity contribution in [2.45, 2.75) is 70.3 Å². The lowest BCUT2D eigenvalue weighted by atomic mass is 9.74. The first-order valence-corrected chi connectivity index (χ1v) is 10.4. The third kappa shape index (κ3) is 4.57. The quantitative estimate of drug-likeness (QED) is 0.655. The molecule has 2 aliphatic rings. The van der Waals surface area contributed by atoms with Crippen molar-refractivity contribution >= 4 is 5.97 Å². The Morgan fingerprint density at radius 2 is 2.00 bits per heavy atom. The molecule has 1 aromatic carbocycles. The lowest BCUT2D eigenvalue weighted by Crippen LogP contribution is -2.49. The van der Waals surface area contributed by atoms with Crippen LogP contribution in [-0.2, 0) is 10.2 Å². The number of rotatable bonds is 9. The number of carboxylic acid groups (broad SMARTS) is 1. The summed E-state index contributed by atoms with van der Waals surface area (Å²) in [5, 5.41) is 9.23. The smallest absolute Gasteiger partial charge is 0.320 e. The minimum atomic E-state index is -0.745. The van der Waals surface area contributed by atoms with Crippen molar-refractivity contribution in [2.24, 2.45) is 0 Å². The molecule has 1 N–H and O–H groups in total. The van der Waals surface area contributed by atoms with Crippen LogP contribution in [0.1, 0.15) is 64.4 Å². The molecule has 1 aromatic rings. The number of nitrogens with zero attached hydrogens (tertiary/aromatic N) is 1. The van der Waals surface area contributed by atoms with E-state index < -0.39 is 12.0 Å². The standard InChI is InChI=1S/C22H33NO4/c1-3-4-5-6-7-14-26-18-8-9-19-20(15-18)27-16-22(19)10-12-23(13-11-22)17(2)21(24)25/h8-9,15,17H,3-7,10-14,16H2,1-2H3,(H,24,25). The summed E-state index contributed by atoms with van der Waals surface area (Å²) in [5.41, 5.74) is 1.29. The topological polar surface area (TPSA) is 59.0 Å². The number of unbranched alkanes of at least 4 members (excludes halogenated alkanes) is 4. The van der Waals surface area contributed by atoms with Gasteiger partial charge in [0.25, 0.3) is 0 Å². The van der Waals surface area contributed by atoms with Gasteiger partial charge < -0.3 is 14.6 Å². The summed E-state index contributed by atoms with van der Waals surface area (Å²) in [5.74, 6) is 1.09. The number of hydrogen-bond donors (Lipinski definition) is 1. The van der Waals surface area contributed by atoms with Gasteiger partial charge in [-0.2, -0.15) is 0 Å². The van der Waals surface area contributed by atoms with Crippen molar-refractivity contribution in [3.8, 4) is 11.5 Å². The summed E-state index contributed by atoms with van der Waals surface area (Å²) in [4.78, 5) is 13.3. The molecule has 1 saturated heterocycles. The molecule has 0 radical (unpaired) electrons. The van der Waals surface area contributed by atoms with Gasteiger partial charge in [0.1, 0.15) is 17.5 Å². The predicted molar refractivity (Wildman–Crippen MR) is 106 cm³/mol. The molecule has 5 nitrogen and oxygen atoms in total. The number of likely N-dealkylation sites (tertiary alicyclic amines) is 1. The van der Waals surface area contributed by atoms with E-state index in [-0.39, 0.29) is 5.41 Å². The molecule has 0 amide bonds. The fourth-order valence-corrected chi connectivity index (χ4v) is 4.25. The normalized spacial score (nSPS) is 19.5. The van der Waals surface area contributed by atoms with E-state index in [1.54, 1.807) is 6.92 Å². The Balaban J connectivity index is 1.55. The maximum Gasteiger partial charge on any atom is 0.320 e. The molecule has 3 rings (SSSR count). The third-order valence-electron chi connectivity index (χ3n) is 6.21. The van der Waals surface area contributed by atoms with Gasteiger partial charge >= 0.3 is 5.97 Å². The van der Waals surface area contributed by atoms with Crippen LogP contribution in [0.3, 0.4) is 0 Å². The van der Waals surface area contributed by atoms with Crippen LogP contribution in [0.5, 0.6) is 11.5 Å². The SMILES string of the molecule is CCCCCCCOc1ccc2c(c1)OCC21CCN(C(C)C(=O)O)CC1. The summed E-state index contributed by atoms with van der Waals surface area (Å²) in [6.45, 7) is 7.04. The van der Waals surface area contributed by atoms with E-state index in [2.05, 4.69) is 24.0 Å². The van der Waals surface area contributed by atoms with Crippen LogP contribution in [0.2, 0.25) is 0 Å². The Kier molecular flexibility index (Phi) is 6.64. The Bertz CT molecular complexity index is 637. The fraction of sp³-hybridized carbons (Fsp3) is 0.682. The van der Waals surface area contributed by atoms with Gasteiger partial charge in [-0.3, -0.25) is 9.69 Å². The van der Waals surface area contributed by atoms with Gasteiger partial charge in [0.05, 0.1) is 13.2 Å². The number of ether oxygens (including phenoxy) is 2. The summed E-state index contributed by atoms with van der Waals surface area (Å²) >= 11 is 0. The number of piperidine rings is 1. The molecule has 150 valence electrons. The lowest BCUT2D eigenvalue weighted by Gasteiger charge is -2.40. The molecule has 0 aromatic heterocycles. The number of carboxylic acids is 1. The van der Waals surface area contributed by atoms with Crippen LogP contribution in [0.15, 0.2) is 18.2 Å². The van der Waals surface area contributed by atoms with Gasteiger partial charge in [0.15, 0.2) is 0 Å². The molecule has 0 aliphatic carbocycles. The predicted octanol–water partition coefficient (Wildman–Crippen LogP) is 4.23. The van der Waals surface area contributed by atoms with E-state index >= 15 is 0 Å². The van der Waals surface area contributed by atoms with Crippen LogP contribution in [0, 0.1) is 0 Å². The third-order valence-corrected chi connectivity index (χ3v) is 6.21. The first-order chi connectivity index (χ1) is 13.1. The molecule has 1 atom stereocenters. The summed E-state index contributed by atoms with van der Waals surface area (Å²) in [6, 6.07) is 5.83. The maximum absolute atomic E-state index is 11.2. The largest absolute Gasteiger partial charge is 0.493 e.